The maximum atomic E-state index is 11.6. The fourth-order valence-corrected chi connectivity index (χ4v) is 1.58. The second-order valence-electron chi connectivity index (χ2n) is 4.02. The van der Waals surface area contributed by atoms with E-state index in [2.05, 4.69) is 0 Å². The Morgan fingerprint density at radius 2 is 1.14 bits per heavy atom. The van der Waals surface area contributed by atoms with Gasteiger partial charge in [0.05, 0.1) is 0 Å². The van der Waals surface area contributed by atoms with Crippen LogP contribution in [0.1, 0.15) is 20.7 Å². The van der Waals surface area contributed by atoms with Gasteiger partial charge in [-0.25, -0.2) is 9.59 Å². The van der Waals surface area contributed by atoms with E-state index in [0.717, 1.165) is 0 Å². The lowest BCUT2D eigenvalue weighted by molar-refractivity contribution is -0.0169. The summed E-state index contributed by atoms with van der Waals surface area (Å²) in [5.41, 5.74) is -0.0628. The second kappa shape index (κ2) is 6.42. The van der Waals surface area contributed by atoms with Crippen molar-refractivity contribution in [1.82, 2.24) is 0 Å². The van der Waals surface area contributed by atoms with Gasteiger partial charge >= 0.3 is 11.9 Å². The smallest absolute Gasteiger partial charge is 0.344 e. The van der Waals surface area contributed by atoms with Crippen molar-refractivity contribution < 1.29 is 29.3 Å². The van der Waals surface area contributed by atoms with Crippen LogP contribution >= 0.6 is 0 Å². The lowest BCUT2D eigenvalue weighted by Crippen LogP contribution is -2.13. The number of carbonyl (C=O) groups is 2. The van der Waals surface area contributed by atoms with Gasteiger partial charge in [-0.05, 0) is 24.3 Å². The Hall–Kier alpha value is -3.02. The molecule has 0 fully saturated rings. The summed E-state index contributed by atoms with van der Waals surface area (Å²) in [5.74, 6) is -2.10. The summed E-state index contributed by atoms with van der Waals surface area (Å²) < 4.78 is 9.43. The van der Waals surface area contributed by atoms with E-state index >= 15 is 0 Å². The molecule has 21 heavy (non-hydrogen) atoms. The average molecular weight is 288 g/mol. The fraction of sp³-hybridized carbons (Fsp3) is 0.0667. The Morgan fingerprint density at radius 3 is 1.52 bits per heavy atom. The van der Waals surface area contributed by atoms with E-state index in [1.54, 1.807) is 24.3 Å². The van der Waals surface area contributed by atoms with Crippen LogP contribution < -0.4 is 0 Å². The molecule has 2 aromatic rings. The molecule has 0 aliphatic carbocycles. The Balaban J connectivity index is 1.90. The first-order valence-corrected chi connectivity index (χ1v) is 6.00. The third-order valence-electron chi connectivity index (χ3n) is 2.63. The molecule has 0 saturated heterocycles. The molecule has 0 saturated carbocycles. The average Bonchev–Trinajstić information content (AvgIpc) is 2.48. The van der Waals surface area contributed by atoms with Crippen molar-refractivity contribution in [3.63, 3.8) is 0 Å². The van der Waals surface area contributed by atoms with Crippen LogP contribution in [0.2, 0.25) is 0 Å². The molecule has 2 N–H and O–H groups in total. The normalized spacial score (nSPS) is 9.90. The van der Waals surface area contributed by atoms with Crippen LogP contribution in [0.15, 0.2) is 48.5 Å². The maximum Gasteiger partial charge on any atom is 0.344 e. The van der Waals surface area contributed by atoms with Gasteiger partial charge in [0.2, 0.25) is 6.79 Å². The van der Waals surface area contributed by atoms with E-state index in [4.69, 9.17) is 9.47 Å². The summed E-state index contributed by atoms with van der Waals surface area (Å²) in [5, 5.41) is 18.9. The van der Waals surface area contributed by atoms with Crippen molar-refractivity contribution in [2.75, 3.05) is 6.79 Å². The second-order valence-corrected chi connectivity index (χ2v) is 4.02. The van der Waals surface area contributed by atoms with Gasteiger partial charge < -0.3 is 19.7 Å². The van der Waals surface area contributed by atoms with Crippen LogP contribution in [0, 0.1) is 0 Å². The topological polar surface area (TPSA) is 93.1 Å². The van der Waals surface area contributed by atoms with Crippen LogP contribution in [-0.2, 0) is 9.47 Å². The fourth-order valence-electron chi connectivity index (χ4n) is 1.58. The lowest BCUT2D eigenvalue weighted by Gasteiger charge is -2.08. The first-order chi connectivity index (χ1) is 10.1. The van der Waals surface area contributed by atoms with Crippen LogP contribution in [0.3, 0.4) is 0 Å². The Kier molecular flexibility index (Phi) is 4.40. The number of para-hydroxylation sites is 2. The van der Waals surface area contributed by atoms with Crippen LogP contribution in [0.25, 0.3) is 0 Å². The van der Waals surface area contributed by atoms with E-state index in [0.29, 0.717) is 0 Å². The van der Waals surface area contributed by atoms with Gasteiger partial charge in [0.1, 0.15) is 22.6 Å². The first-order valence-electron chi connectivity index (χ1n) is 6.00. The molecule has 2 aromatic carbocycles. The molecule has 0 radical (unpaired) electrons. The zero-order valence-electron chi connectivity index (χ0n) is 10.9. The molecule has 0 spiro atoms. The highest BCUT2D eigenvalue weighted by molar-refractivity contribution is 5.93. The minimum absolute atomic E-state index is 0.0314. The Morgan fingerprint density at radius 1 is 0.762 bits per heavy atom. The Labute approximate surface area is 120 Å². The molecule has 0 atom stereocenters. The van der Waals surface area contributed by atoms with Gasteiger partial charge in [0.25, 0.3) is 0 Å². The molecule has 0 aromatic heterocycles. The molecular formula is C15H12O6. The molecule has 0 heterocycles. The molecule has 6 nitrogen and oxygen atoms in total. The van der Waals surface area contributed by atoms with Crippen molar-refractivity contribution >= 4 is 11.9 Å². The zero-order chi connectivity index (χ0) is 15.2. The van der Waals surface area contributed by atoms with Gasteiger partial charge in [-0.2, -0.15) is 0 Å². The zero-order valence-corrected chi connectivity index (χ0v) is 10.9. The van der Waals surface area contributed by atoms with Gasteiger partial charge in [-0.3, -0.25) is 0 Å². The van der Waals surface area contributed by atoms with E-state index in [-0.39, 0.29) is 22.6 Å². The molecule has 0 aliphatic heterocycles. The highest BCUT2D eigenvalue weighted by atomic mass is 16.7. The number of hydrogen-bond acceptors (Lipinski definition) is 6. The van der Waals surface area contributed by atoms with Crippen molar-refractivity contribution in [3.05, 3.63) is 59.7 Å². The SMILES string of the molecule is O=C(OCOC(=O)c1ccccc1O)c1ccccc1O. The van der Waals surface area contributed by atoms with Crippen molar-refractivity contribution in [2.45, 2.75) is 0 Å². The van der Waals surface area contributed by atoms with E-state index in [1.165, 1.54) is 24.3 Å². The molecule has 6 heteroatoms. The summed E-state index contributed by atoms with van der Waals surface area (Å²) in [7, 11) is 0. The van der Waals surface area contributed by atoms with Crippen LogP contribution in [0.4, 0.5) is 0 Å². The predicted molar refractivity (Wildman–Crippen MR) is 71.9 cm³/mol. The summed E-state index contributed by atoms with van der Waals surface area (Å²) in [6.07, 6.45) is 0. The number of phenols is 2. The molecule has 2 rings (SSSR count). The summed E-state index contributed by atoms with van der Waals surface area (Å²) in [6, 6.07) is 11.7. The largest absolute Gasteiger partial charge is 0.507 e. The van der Waals surface area contributed by atoms with Gasteiger partial charge in [0, 0.05) is 0 Å². The first kappa shape index (κ1) is 14.4. The van der Waals surface area contributed by atoms with E-state index in [1.807, 2.05) is 0 Å². The number of ether oxygens (including phenoxy) is 2. The van der Waals surface area contributed by atoms with Crippen LogP contribution in [-0.4, -0.2) is 28.9 Å². The number of phenolic OH excluding ortho intramolecular Hbond substituents is 2. The Bertz CT molecular complexity index is 607. The third-order valence-corrected chi connectivity index (χ3v) is 2.63. The van der Waals surface area contributed by atoms with Gasteiger partial charge in [-0.15, -0.1) is 0 Å². The predicted octanol–water partition coefficient (Wildman–Crippen LogP) is 2.07. The highest BCUT2D eigenvalue weighted by Gasteiger charge is 2.15. The molecule has 108 valence electrons. The summed E-state index contributed by atoms with van der Waals surface area (Å²) in [4.78, 5) is 23.3. The highest BCUT2D eigenvalue weighted by Crippen LogP contribution is 2.18. The number of benzene rings is 2. The summed E-state index contributed by atoms with van der Waals surface area (Å²) >= 11 is 0. The van der Waals surface area contributed by atoms with Crippen molar-refractivity contribution in [2.24, 2.45) is 0 Å². The van der Waals surface area contributed by atoms with Gasteiger partial charge in [0.15, 0.2) is 0 Å². The maximum absolute atomic E-state index is 11.6. The van der Waals surface area contributed by atoms with E-state index in [9.17, 15) is 19.8 Å². The quantitative estimate of drug-likeness (QED) is 0.661. The minimum atomic E-state index is -0.821. The molecular weight excluding hydrogens is 276 g/mol. The number of esters is 2. The number of hydrogen-bond donors (Lipinski definition) is 2. The molecule has 0 unspecified atom stereocenters. The summed E-state index contributed by atoms with van der Waals surface area (Å²) in [6.45, 7) is -0.625. The van der Waals surface area contributed by atoms with Crippen molar-refractivity contribution in [1.29, 1.82) is 0 Å². The number of rotatable bonds is 4. The minimum Gasteiger partial charge on any atom is -0.507 e. The standard InChI is InChI=1S/C15H12O6/c16-12-7-3-1-5-10(12)14(18)20-9-21-15(19)11-6-2-4-8-13(11)17/h1-8,16-17H,9H2. The molecule has 0 bridgehead atoms. The number of carbonyl (C=O) groups excluding carboxylic acids is 2. The van der Waals surface area contributed by atoms with Crippen molar-refractivity contribution in [3.8, 4) is 11.5 Å². The molecule has 0 amide bonds. The number of aromatic hydroxyl groups is 2. The molecule has 0 aliphatic rings. The van der Waals surface area contributed by atoms with Gasteiger partial charge in [-0.1, -0.05) is 24.3 Å². The lowest BCUT2D eigenvalue weighted by atomic mass is 10.2. The third kappa shape index (κ3) is 3.50. The van der Waals surface area contributed by atoms with E-state index < -0.39 is 18.7 Å². The van der Waals surface area contributed by atoms with Crippen LogP contribution in [0.5, 0.6) is 11.5 Å². The monoisotopic (exact) mass is 288 g/mol.